The van der Waals surface area contributed by atoms with E-state index in [0.717, 1.165) is 13.1 Å². The summed E-state index contributed by atoms with van der Waals surface area (Å²) in [5.41, 5.74) is 1.49. The van der Waals surface area contributed by atoms with Crippen LogP contribution in [0.15, 0.2) is 24.5 Å². The summed E-state index contributed by atoms with van der Waals surface area (Å²) in [6.07, 6.45) is 3.84. The van der Waals surface area contributed by atoms with Crippen LogP contribution in [-0.2, 0) is 0 Å². The summed E-state index contributed by atoms with van der Waals surface area (Å²) < 4.78 is 0. The summed E-state index contributed by atoms with van der Waals surface area (Å²) in [6, 6.07) is 5.22. The Labute approximate surface area is 117 Å². The Kier molecular flexibility index (Phi) is 4.26. The van der Waals surface area contributed by atoms with Gasteiger partial charge in [-0.1, -0.05) is 19.9 Å². The first-order chi connectivity index (χ1) is 8.91. The molecule has 0 amide bonds. The van der Waals surface area contributed by atoms with Gasteiger partial charge in [0, 0.05) is 43.1 Å². The number of hydrogen-bond acceptors (Lipinski definition) is 3. The minimum absolute atomic E-state index is 0.182. The van der Waals surface area contributed by atoms with E-state index in [1.165, 1.54) is 5.56 Å². The zero-order valence-corrected chi connectivity index (χ0v) is 12.9. The molecule has 2 rings (SSSR count). The van der Waals surface area contributed by atoms with Crippen LogP contribution < -0.4 is 5.32 Å². The number of aromatic nitrogens is 1. The number of pyridine rings is 1. The van der Waals surface area contributed by atoms with Crippen molar-refractivity contribution in [2.75, 3.05) is 13.1 Å². The van der Waals surface area contributed by atoms with Gasteiger partial charge in [-0.3, -0.25) is 9.88 Å². The van der Waals surface area contributed by atoms with Crippen LogP contribution in [0.5, 0.6) is 0 Å². The van der Waals surface area contributed by atoms with E-state index in [4.69, 9.17) is 0 Å². The molecule has 1 aliphatic heterocycles. The van der Waals surface area contributed by atoms with E-state index in [2.05, 4.69) is 55.9 Å². The van der Waals surface area contributed by atoms with Crippen LogP contribution in [0.2, 0.25) is 0 Å². The molecule has 1 aromatic heterocycles. The average Bonchev–Trinajstić information content (AvgIpc) is 2.37. The first kappa shape index (κ1) is 14.5. The zero-order chi connectivity index (χ0) is 14.0. The van der Waals surface area contributed by atoms with Crippen molar-refractivity contribution in [1.82, 2.24) is 15.2 Å². The Morgan fingerprint density at radius 2 is 2.11 bits per heavy atom. The van der Waals surface area contributed by atoms with Crippen molar-refractivity contribution >= 4 is 0 Å². The number of nitrogens with one attached hydrogen (secondary N) is 1. The van der Waals surface area contributed by atoms with Gasteiger partial charge in [0.2, 0.25) is 0 Å². The highest BCUT2D eigenvalue weighted by molar-refractivity contribution is 5.14. The highest BCUT2D eigenvalue weighted by atomic mass is 15.3. The van der Waals surface area contributed by atoms with E-state index in [-0.39, 0.29) is 5.54 Å². The van der Waals surface area contributed by atoms with Gasteiger partial charge in [0.05, 0.1) is 0 Å². The van der Waals surface area contributed by atoms with Crippen molar-refractivity contribution in [2.45, 2.75) is 52.2 Å². The molecule has 0 bridgehead atoms. The molecule has 0 aromatic carbocycles. The summed E-state index contributed by atoms with van der Waals surface area (Å²) in [6.45, 7) is 13.6. The van der Waals surface area contributed by atoms with Crippen molar-refractivity contribution in [3.63, 3.8) is 0 Å². The largest absolute Gasteiger partial charge is 0.309 e. The fourth-order valence-corrected chi connectivity index (χ4v) is 2.99. The lowest BCUT2D eigenvalue weighted by molar-refractivity contribution is 0.0370. The maximum Gasteiger partial charge on any atom is 0.0339 e. The van der Waals surface area contributed by atoms with Crippen molar-refractivity contribution in [1.29, 1.82) is 0 Å². The van der Waals surface area contributed by atoms with Crippen LogP contribution in [0, 0.1) is 5.92 Å². The molecule has 0 radical (unpaired) electrons. The number of rotatable bonds is 3. The highest BCUT2D eigenvalue weighted by Gasteiger charge is 2.36. The van der Waals surface area contributed by atoms with Gasteiger partial charge in [0.25, 0.3) is 0 Å². The molecule has 0 spiro atoms. The van der Waals surface area contributed by atoms with E-state index in [0.29, 0.717) is 18.0 Å². The normalized spacial score (nSPS) is 25.5. The molecule has 0 saturated carbocycles. The molecular weight excluding hydrogens is 234 g/mol. The van der Waals surface area contributed by atoms with E-state index < -0.39 is 0 Å². The predicted molar refractivity (Wildman–Crippen MR) is 80.1 cm³/mol. The average molecular weight is 261 g/mol. The van der Waals surface area contributed by atoms with Gasteiger partial charge in [0.1, 0.15) is 0 Å². The molecule has 3 nitrogen and oxygen atoms in total. The first-order valence-corrected chi connectivity index (χ1v) is 7.31. The summed E-state index contributed by atoms with van der Waals surface area (Å²) in [7, 11) is 0. The lowest BCUT2D eigenvalue weighted by Crippen LogP contribution is -2.63. The third-order valence-electron chi connectivity index (χ3n) is 4.23. The third kappa shape index (κ3) is 3.34. The Morgan fingerprint density at radius 1 is 1.37 bits per heavy atom. The molecular formula is C16H27N3. The fraction of sp³-hybridized carbons (Fsp3) is 0.688. The lowest BCUT2D eigenvalue weighted by atomic mass is 9.90. The molecule has 2 atom stereocenters. The Bertz CT molecular complexity index is 400. The molecule has 1 N–H and O–H groups in total. The van der Waals surface area contributed by atoms with Gasteiger partial charge >= 0.3 is 0 Å². The van der Waals surface area contributed by atoms with E-state index in [9.17, 15) is 0 Å². The third-order valence-corrected chi connectivity index (χ3v) is 4.23. The van der Waals surface area contributed by atoms with Crippen molar-refractivity contribution in [2.24, 2.45) is 5.92 Å². The molecule has 1 saturated heterocycles. The maximum atomic E-state index is 4.26. The quantitative estimate of drug-likeness (QED) is 0.907. The van der Waals surface area contributed by atoms with E-state index in [1.54, 1.807) is 0 Å². The number of nitrogens with zero attached hydrogens (tertiary/aromatic N) is 2. The molecule has 2 unspecified atom stereocenters. The molecule has 1 fully saturated rings. The minimum atomic E-state index is 0.182. The van der Waals surface area contributed by atoms with E-state index in [1.807, 2.05) is 18.5 Å². The second-order valence-electron chi connectivity index (χ2n) is 6.71. The molecule has 0 aliphatic carbocycles. The second kappa shape index (κ2) is 5.59. The molecule has 3 heteroatoms. The minimum Gasteiger partial charge on any atom is -0.309 e. The summed E-state index contributed by atoms with van der Waals surface area (Å²) in [4.78, 5) is 6.90. The fourth-order valence-electron chi connectivity index (χ4n) is 2.99. The van der Waals surface area contributed by atoms with Crippen molar-refractivity contribution < 1.29 is 0 Å². The van der Waals surface area contributed by atoms with Gasteiger partial charge in [0.15, 0.2) is 0 Å². The maximum absolute atomic E-state index is 4.26. The highest BCUT2D eigenvalue weighted by Crippen LogP contribution is 2.29. The Hall–Kier alpha value is -0.930. The van der Waals surface area contributed by atoms with Crippen LogP contribution in [0.25, 0.3) is 0 Å². The zero-order valence-electron chi connectivity index (χ0n) is 12.9. The van der Waals surface area contributed by atoms with Crippen LogP contribution in [0.3, 0.4) is 0 Å². The molecule has 2 heterocycles. The number of hydrogen-bond donors (Lipinski definition) is 1. The summed E-state index contributed by atoms with van der Waals surface area (Å²) in [5, 5.41) is 3.67. The Morgan fingerprint density at radius 3 is 2.68 bits per heavy atom. The van der Waals surface area contributed by atoms with Crippen LogP contribution in [0.1, 0.15) is 46.2 Å². The van der Waals surface area contributed by atoms with Gasteiger partial charge < -0.3 is 5.32 Å². The molecule has 1 aromatic rings. The van der Waals surface area contributed by atoms with E-state index >= 15 is 0 Å². The van der Waals surface area contributed by atoms with Crippen molar-refractivity contribution in [3.05, 3.63) is 30.1 Å². The first-order valence-electron chi connectivity index (χ1n) is 7.31. The van der Waals surface area contributed by atoms with Gasteiger partial charge in [-0.15, -0.1) is 0 Å². The van der Waals surface area contributed by atoms with Gasteiger partial charge in [-0.25, -0.2) is 0 Å². The Balaban J connectivity index is 2.22. The van der Waals surface area contributed by atoms with Gasteiger partial charge in [-0.05, 0) is 38.3 Å². The number of piperazine rings is 1. The summed E-state index contributed by atoms with van der Waals surface area (Å²) >= 11 is 0. The topological polar surface area (TPSA) is 28.2 Å². The van der Waals surface area contributed by atoms with Crippen molar-refractivity contribution in [3.8, 4) is 0 Å². The van der Waals surface area contributed by atoms with Crippen LogP contribution in [0.4, 0.5) is 0 Å². The molecule has 106 valence electrons. The molecule has 1 aliphatic rings. The second-order valence-corrected chi connectivity index (χ2v) is 6.71. The molecule has 19 heavy (non-hydrogen) atoms. The van der Waals surface area contributed by atoms with Crippen LogP contribution >= 0.6 is 0 Å². The predicted octanol–water partition coefficient (Wildman–Crippen LogP) is 2.85. The lowest BCUT2D eigenvalue weighted by Gasteiger charge is -2.49. The van der Waals surface area contributed by atoms with Gasteiger partial charge in [-0.2, -0.15) is 0 Å². The summed E-state index contributed by atoms with van der Waals surface area (Å²) in [5.74, 6) is 0.655. The standard InChI is InChI=1S/C16H27N3/c1-12(2)15-10-18-16(4,5)11-19(15)13(3)14-7-6-8-17-9-14/h6-9,12-13,15,18H,10-11H2,1-5H3. The monoisotopic (exact) mass is 261 g/mol. The SMILES string of the molecule is CC(C)C1CNC(C)(C)CN1C(C)c1cccnc1. The smallest absolute Gasteiger partial charge is 0.0339 e. The van der Waals surface area contributed by atoms with Crippen LogP contribution in [-0.4, -0.2) is 34.6 Å².